The van der Waals surface area contributed by atoms with E-state index in [9.17, 15) is 9.18 Å². The molecule has 0 radical (unpaired) electrons. The average molecular weight is 502 g/mol. The standard InChI is InChI=1S/C26H29ClFN3O2S/c1-16(2)18-13-12-17(3)14-23(18)33-24(32)15-34-26-30-29-25(19-8-4-5-9-20(19)27)31(26)22-11-7-6-10-21(22)28/h4-11,16-18,23H,12-15H2,1-3H3/t17-,18+,23+/m1/s1. The topological polar surface area (TPSA) is 57.0 Å². The van der Waals surface area contributed by atoms with Crippen LogP contribution in [0, 0.1) is 23.6 Å². The summed E-state index contributed by atoms with van der Waals surface area (Å²) in [5, 5.41) is 9.44. The third-order valence-corrected chi connectivity index (χ3v) is 7.64. The van der Waals surface area contributed by atoms with Crippen LogP contribution in [0.2, 0.25) is 5.02 Å². The molecule has 1 aliphatic rings. The summed E-state index contributed by atoms with van der Waals surface area (Å²) < 4.78 is 22.3. The molecular formula is C26H29ClFN3O2S. The van der Waals surface area contributed by atoms with Gasteiger partial charge in [-0.25, -0.2) is 4.39 Å². The molecule has 1 aromatic heterocycles. The number of aromatic nitrogens is 3. The first-order valence-electron chi connectivity index (χ1n) is 11.6. The van der Waals surface area contributed by atoms with Crippen molar-refractivity contribution in [3.05, 3.63) is 59.4 Å². The highest BCUT2D eigenvalue weighted by Gasteiger charge is 2.33. The van der Waals surface area contributed by atoms with E-state index >= 15 is 0 Å². The fraction of sp³-hybridized carbons (Fsp3) is 0.423. The van der Waals surface area contributed by atoms with Crippen LogP contribution in [0.3, 0.4) is 0 Å². The Balaban J connectivity index is 1.57. The number of thioether (sulfide) groups is 1. The Morgan fingerprint density at radius 1 is 1.18 bits per heavy atom. The van der Waals surface area contributed by atoms with E-state index in [1.165, 1.54) is 24.2 Å². The van der Waals surface area contributed by atoms with Crippen LogP contribution in [0.25, 0.3) is 17.1 Å². The van der Waals surface area contributed by atoms with E-state index in [2.05, 4.69) is 31.0 Å². The molecule has 4 rings (SSSR count). The van der Waals surface area contributed by atoms with Crippen LogP contribution in [-0.4, -0.2) is 32.6 Å². The van der Waals surface area contributed by atoms with Crippen molar-refractivity contribution >= 4 is 29.3 Å². The number of benzene rings is 2. The first kappa shape index (κ1) is 24.7. The normalized spacial score (nSPS) is 20.5. The summed E-state index contributed by atoms with van der Waals surface area (Å²) >= 11 is 7.58. The highest BCUT2D eigenvalue weighted by atomic mass is 35.5. The number of carbonyl (C=O) groups excluding carboxylic acids is 1. The number of para-hydroxylation sites is 1. The summed E-state index contributed by atoms with van der Waals surface area (Å²) in [4.78, 5) is 12.8. The molecule has 1 saturated carbocycles. The van der Waals surface area contributed by atoms with Gasteiger partial charge < -0.3 is 4.74 Å². The molecule has 180 valence electrons. The molecule has 1 aliphatic carbocycles. The molecule has 2 aromatic carbocycles. The van der Waals surface area contributed by atoms with Crippen LogP contribution < -0.4 is 0 Å². The lowest BCUT2D eigenvalue weighted by molar-refractivity contribution is -0.152. The highest BCUT2D eigenvalue weighted by Crippen LogP contribution is 2.36. The molecule has 0 spiro atoms. The first-order chi connectivity index (χ1) is 16.3. The van der Waals surface area contributed by atoms with Crippen LogP contribution in [-0.2, 0) is 9.53 Å². The van der Waals surface area contributed by atoms with Crippen molar-refractivity contribution in [3.8, 4) is 17.1 Å². The van der Waals surface area contributed by atoms with Gasteiger partial charge in [0.15, 0.2) is 11.0 Å². The molecule has 0 bridgehead atoms. The largest absolute Gasteiger partial charge is 0.461 e. The van der Waals surface area contributed by atoms with E-state index < -0.39 is 5.82 Å². The zero-order chi connectivity index (χ0) is 24.2. The Labute approximate surface area is 209 Å². The van der Waals surface area contributed by atoms with Gasteiger partial charge >= 0.3 is 5.97 Å². The summed E-state index contributed by atoms with van der Waals surface area (Å²) in [7, 11) is 0. The lowest BCUT2D eigenvalue weighted by Gasteiger charge is -2.36. The van der Waals surface area contributed by atoms with E-state index in [1.807, 2.05) is 18.2 Å². The van der Waals surface area contributed by atoms with Gasteiger partial charge in [0, 0.05) is 5.56 Å². The SMILES string of the molecule is CC(C)[C@@H]1CC[C@@H](C)C[C@@H]1OC(=O)CSc1nnc(-c2ccccc2Cl)n1-c1ccccc1F. The van der Waals surface area contributed by atoms with Gasteiger partial charge in [0.2, 0.25) is 0 Å². The number of nitrogens with zero attached hydrogens (tertiary/aromatic N) is 3. The number of ether oxygens (including phenoxy) is 1. The van der Waals surface area contributed by atoms with Crippen molar-refractivity contribution in [1.82, 2.24) is 14.8 Å². The molecule has 8 heteroatoms. The quantitative estimate of drug-likeness (QED) is 0.262. The molecular weight excluding hydrogens is 473 g/mol. The summed E-state index contributed by atoms with van der Waals surface area (Å²) in [6.07, 6.45) is 3.07. The number of hydrogen-bond donors (Lipinski definition) is 0. The van der Waals surface area contributed by atoms with Crippen molar-refractivity contribution in [3.63, 3.8) is 0 Å². The smallest absolute Gasteiger partial charge is 0.316 e. The van der Waals surface area contributed by atoms with Gasteiger partial charge in [0.1, 0.15) is 11.9 Å². The molecule has 5 nitrogen and oxygen atoms in total. The Bertz CT molecular complexity index is 1150. The fourth-order valence-corrected chi connectivity index (χ4v) is 5.55. The summed E-state index contributed by atoms with van der Waals surface area (Å²) in [5.41, 5.74) is 0.921. The molecule has 0 saturated heterocycles. The van der Waals surface area contributed by atoms with Gasteiger partial charge in [-0.3, -0.25) is 9.36 Å². The third-order valence-electron chi connectivity index (χ3n) is 6.40. The van der Waals surface area contributed by atoms with Crippen molar-refractivity contribution in [2.24, 2.45) is 17.8 Å². The summed E-state index contributed by atoms with van der Waals surface area (Å²) in [6.45, 7) is 6.58. The average Bonchev–Trinajstić information content (AvgIpc) is 3.21. The molecule has 1 fully saturated rings. The molecule has 0 amide bonds. The van der Waals surface area contributed by atoms with Gasteiger partial charge in [-0.2, -0.15) is 0 Å². The third kappa shape index (κ3) is 5.47. The Hall–Kier alpha value is -2.38. The van der Waals surface area contributed by atoms with Crippen molar-refractivity contribution in [2.45, 2.75) is 51.3 Å². The van der Waals surface area contributed by atoms with Gasteiger partial charge in [-0.1, -0.05) is 74.8 Å². The second-order valence-corrected chi connectivity index (χ2v) is 10.6. The predicted molar refractivity (Wildman–Crippen MR) is 134 cm³/mol. The number of esters is 1. The minimum atomic E-state index is -0.420. The fourth-order valence-electron chi connectivity index (χ4n) is 4.61. The van der Waals surface area contributed by atoms with Gasteiger partial charge in [0.05, 0.1) is 16.5 Å². The van der Waals surface area contributed by atoms with Crippen LogP contribution in [0.4, 0.5) is 4.39 Å². The molecule has 0 aliphatic heterocycles. The zero-order valence-corrected chi connectivity index (χ0v) is 21.2. The highest BCUT2D eigenvalue weighted by molar-refractivity contribution is 7.99. The zero-order valence-electron chi connectivity index (χ0n) is 19.6. The molecule has 34 heavy (non-hydrogen) atoms. The molecule has 0 N–H and O–H groups in total. The molecule has 3 aromatic rings. The van der Waals surface area contributed by atoms with Crippen LogP contribution in [0.5, 0.6) is 0 Å². The Morgan fingerprint density at radius 3 is 2.65 bits per heavy atom. The first-order valence-corrected chi connectivity index (χ1v) is 13.0. The van der Waals surface area contributed by atoms with Crippen LogP contribution in [0.15, 0.2) is 53.7 Å². The van der Waals surface area contributed by atoms with Crippen molar-refractivity contribution < 1.29 is 13.9 Å². The Kier molecular flexibility index (Phi) is 7.94. The van der Waals surface area contributed by atoms with Gasteiger partial charge in [-0.15, -0.1) is 10.2 Å². The van der Waals surface area contributed by atoms with E-state index in [0.29, 0.717) is 45.0 Å². The predicted octanol–water partition coefficient (Wildman–Crippen LogP) is 6.82. The molecule has 0 unspecified atom stereocenters. The number of rotatable bonds is 7. The Morgan fingerprint density at radius 2 is 1.91 bits per heavy atom. The summed E-state index contributed by atoms with van der Waals surface area (Å²) in [6, 6.07) is 13.6. The number of carbonyl (C=O) groups is 1. The monoisotopic (exact) mass is 501 g/mol. The number of halogens is 2. The molecule has 3 atom stereocenters. The summed E-state index contributed by atoms with van der Waals surface area (Å²) in [5.74, 6) is 1.13. The van der Waals surface area contributed by atoms with Crippen LogP contribution in [0.1, 0.15) is 40.0 Å². The van der Waals surface area contributed by atoms with Crippen LogP contribution >= 0.6 is 23.4 Å². The number of hydrogen-bond acceptors (Lipinski definition) is 5. The van der Waals surface area contributed by atoms with E-state index in [1.54, 1.807) is 28.8 Å². The van der Waals surface area contributed by atoms with E-state index in [-0.39, 0.29) is 17.8 Å². The van der Waals surface area contributed by atoms with Crippen molar-refractivity contribution in [1.29, 1.82) is 0 Å². The van der Waals surface area contributed by atoms with E-state index in [4.69, 9.17) is 16.3 Å². The maximum atomic E-state index is 14.8. The molecule has 1 heterocycles. The lowest BCUT2D eigenvalue weighted by atomic mass is 9.75. The minimum absolute atomic E-state index is 0.0603. The lowest BCUT2D eigenvalue weighted by Crippen LogP contribution is -2.36. The van der Waals surface area contributed by atoms with Gasteiger partial charge in [0.25, 0.3) is 0 Å². The van der Waals surface area contributed by atoms with Crippen molar-refractivity contribution in [2.75, 3.05) is 5.75 Å². The van der Waals surface area contributed by atoms with Gasteiger partial charge in [-0.05, 0) is 54.9 Å². The van der Waals surface area contributed by atoms with E-state index in [0.717, 1.165) is 12.8 Å². The maximum Gasteiger partial charge on any atom is 0.316 e. The minimum Gasteiger partial charge on any atom is -0.461 e. The second kappa shape index (κ2) is 10.9. The second-order valence-electron chi connectivity index (χ2n) is 9.22. The maximum absolute atomic E-state index is 14.8.